The number of carbonyl (C=O) groups is 1. The van der Waals surface area contributed by atoms with Crippen LogP contribution in [-0.4, -0.2) is 24.3 Å². The molecule has 1 saturated heterocycles. The summed E-state index contributed by atoms with van der Waals surface area (Å²) in [6.45, 7) is 1.53. The summed E-state index contributed by atoms with van der Waals surface area (Å²) < 4.78 is 31.0. The van der Waals surface area contributed by atoms with Crippen molar-refractivity contribution < 1.29 is 23.4 Å². The van der Waals surface area contributed by atoms with Crippen LogP contribution >= 0.6 is 0 Å². The molecule has 1 aliphatic carbocycles. The van der Waals surface area contributed by atoms with Crippen LogP contribution < -0.4 is 0 Å². The molecule has 5 heteroatoms. The third-order valence-corrected chi connectivity index (χ3v) is 5.26. The molecular formula is C17H20F2O3. The summed E-state index contributed by atoms with van der Waals surface area (Å²) in [5, 5.41) is 9.37. The van der Waals surface area contributed by atoms with Crippen molar-refractivity contribution in [1.82, 2.24) is 0 Å². The van der Waals surface area contributed by atoms with Crippen LogP contribution in [0.2, 0.25) is 0 Å². The number of hydrogen-bond acceptors (Lipinski definition) is 2. The van der Waals surface area contributed by atoms with Crippen LogP contribution in [0.25, 0.3) is 0 Å². The molecule has 1 N–H and O–H groups in total. The Hall–Kier alpha value is -1.49. The Morgan fingerprint density at radius 3 is 2.64 bits per heavy atom. The van der Waals surface area contributed by atoms with Crippen molar-refractivity contribution in [1.29, 1.82) is 0 Å². The van der Waals surface area contributed by atoms with Crippen LogP contribution in [0.4, 0.5) is 8.78 Å². The lowest BCUT2D eigenvalue weighted by molar-refractivity contribution is 0.0174. The maximum absolute atomic E-state index is 12.8. The average Bonchev–Trinajstić information content (AvgIpc) is 2.90. The smallest absolute Gasteiger partial charge is 0.335 e. The van der Waals surface area contributed by atoms with Gasteiger partial charge in [0.2, 0.25) is 0 Å². The summed E-state index contributed by atoms with van der Waals surface area (Å²) in [4.78, 5) is 11.5. The molecule has 3 rings (SSSR count). The van der Waals surface area contributed by atoms with Gasteiger partial charge in [-0.1, -0.05) is 12.1 Å². The van der Waals surface area contributed by atoms with Gasteiger partial charge in [0.05, 0.1) is 5.56 Å². The molecule has 0 radical (unpaired) electrons. The summed E-state index contributed by atoms with van der Waals surface area (Å²) in [6.07, 6.45) is 2.31. The third kappa shape index (κ3) is 2.86. The first-order valence-electron chi connectivity index (χ1n) is 7.74. The number of hydrogen-bond donors (Lipinski definition) is 1. The summed E-state index contributed by atoms with van der Waals surface area (Å²) in [7, 11) is 0. The minimum Gasteiger partial charge on any atom is -0.478 e. The first-order chi connectivity index (χ1) is 10.5. The second-order valence-corrected chi connectivity index (χ2v) is 6.50. The molecule has 3 nitrogen and oxygen atoms in total. The average molecular weight is 310 g/mol. The first-order valence-corrected chi connectivity index (χ1v) is 7.74. The number of benzene rings is 1. The van der Waals surface area contributed by atoms with E-state index in [0.717, 1.165) is 51.4 Å². The number of rotatable bonds is 3. The fraction of sp³-hybridized carbons (Fsp3) is 0.588. The monoisotopic (exact) mass is 310 g/mol. The standard InChI is InChI=1S/C17H20F2O3/c18-15(19)11-1-2-13(14(9-11)16(20)21)12-3-4-17(10-12)5-7-22-8-6-17/h1-2,9,12,15H,3-8,10H2,(H,20,21). The van der Waals surface area contributed by atoms with Gasteiger partial charge >= 0.3 is 5.97 Å². The maximum Gasteiger partial charge on any atom is 0.335 e. The minimum absolute atomic E-state index is 0.0342. The van der Waals surface area contributed by atoms with E-state index in [-0.39, 0.29) is 22.5 Å². The molecule has 0 bridgehead atoms. The molecule has 1 saturated carbocycles. The minimum atomic E-state index is -2.64. The second kappa shape index (κ2) is 5.95. The molecule has 0 aromatic heterocycles. The molecule has 2 aliphatic rings. The summed E-state index contributed by atoms with van der Waals surface area (Å²) in [5.41, 5.74) is 0.771. The van der Waals surface area contributed by atoms with Crippen molar-refractivity contribution >= 4 is 5.97 Å². The van der Waals surface area contributed by atoms with E-state index in [0.29, 0.717) is 5.56 Å². The third-order valence-electron chi connectivity index (χ3n) is 5.26. The van der Waals surface area contributed by atoms with Crippen LogP contribution in [0.3, 0.4) is 0 Å². The summed E-state index contributed by atoms with van der Waals surface area (Å²) in [6, 6.07) is 4.09. The normalized spacial score (nSPS) is 24.0. The largest absolute Gasteiger partial charge is 0.478 e. The number of carboxylic acid groups (broad SMARTS) is 1. The SMILES string of the molecule is O=C(O)c1cc(C(F)F)ccc1C1CCC2(CCOCC2)C1. The van der Waals surface area contributed by atoms with Gasteiger partial charge in [-0.2, -0.15) is 0 Å². The number of aromatic carboxylic acids is 1. The molecule has 22 heavy (non-hydrogen) atoms. The quantitative estimate of drug-likeness (QED) is 0.901. The van der Waals surface area contributed by atoms with Gasteiger partial charge in [-0.3, -0.25) is 0 Å². The Bertz CT molecular complexity index is 565. The molecule has 1 aromatic rings. The van der Waals surface area contributed by atoms with Gasteiger partial charge in [-0.25, -0.2) is 13.6 Å². The lowest BCUT2D eigenvalue weighted by Crippen LogP contribution is -2.26. The molecule has 1 heterocycles. The molecule has 1 spiro atoms. The van der Waals surface area contributed by atoms with Gasteiger partial charge in [0.25, 0.3) is 6.43 Å². The van der Waals surface area contributed by atoms with E-state index in [1.54, 1.807) is 6.07 Å². The molecule has 2 fully saturated rings. The number of alkyl halides is 2. The van der Waals surface area contributed by atoms with Crippen molar-refractivity contribution in [3.63, 3.8) is 0 Å². The highest BCUT2D eigenvalue weighted by Gasteiger charge is 2.41. The highest BCUT2D eigenvalue weighted by molar-refractivity contribution is 5.90. The van der Waals surface area contributed by atoms with Gasteiger partial charge in [0.15, 0.2) is 0 Å². The van der Waals surface area contributed by atoms with Gasteiger partial charge in [-0.05, 0) is 55.1 Å². The van der Waals surface area contributed by atoms with Crippen LogP contribution in [-0.2, 0) is 4.74 Å². The Balaban J connectivity index is 1.87. The van der Waals surface area contributed by atoms with E-state index in [9.17, 15) is 18.7 Å². The second-order valence-electron chi connectivity index (χ2n) is 6.50. The van der Waals surface area contributed by atoms with Crippen LogP contribution in [0.1, 0.15) is 65.9 Å². The Kier molecular flexibility index (Phi) is 4.17. The fourth-order valence-electron chi connectivity index (χ4n) is 3.98. The molecular weight excluding hydrogens is 290 g/mol. The predicted octanol–water partition coefficient (Wildman–Crippen LogP) is 4.39. The molecule has 1 unspecified atom stereocenters. The van der Waals surface area contributed by atoms with Crippen LogP contribution in [0.15, 0.2) is 18.2 Å². The Labute approximate surface area is 128 Å². The highest BCUT2D eigenvalue weighted by Crippen LogP contribution is 2.52. The highest BCUT2D eigenvalue weighted by atomic mass is 19.3. The van der Waals surface area contributed by atoms with E-state index in [1.807, 2.05) is 0 Å². The molecule has 1 aliphatic heterocycles. The number of carboxylic acids is 1. The van der Waals surface area contributed by atoms with Crippen LogP contribution in [0.5, 0.6) is 0 Å². The predicted molar refractivity (Wildman–Crippen MR) is 77.4 cm³/mol. The molecule has 1 atom stereocenters. The molecule has 1 aromatic carbocycles. The van der Waals surface area contributed by atoms with Crippen LogP contribution in [0, 0.1) is 5.41 Å². The van der Waals surface area contributed by atoms with Gasteiger partial charge in [-0.15, -0.1) is 0 Å². The van der Waals surface area contributed by atoms with Gasteiger partial charge in [0, 0.05) is 18.8 Å². The Morgan fingerprint density at radius 2 is 2.00 bits per heavy atom. The van der Waals surface area contributed by atoms with E-state index < -0.39 is 12.4 Å². The molecule has 0 amide bonds. The Morgan fingerprint density at radius 1 is 1.27 bits per heavy atom. The summed E-state index contributed by atoms with van der Waals surface area (Å²) >= 11 is 0. The topological polar surface area (TPSA) is 46.5 Å². The van der Waals surface area contributed by atoms with Crippen molar-refractivity contribution in [2.75, 3.05) is 13.2 Å². The number of ether oxygens (including phenoxy) is 1. The van der Waals surface area contributed by atoms with Crippen molar-refractivity contribution in [3.05, 3.63) is 34.9 Å². The van der Waals surface area contributed by atoms with E-state index in [1.165, 1.54) is 6.07 Å². The molecule has 120 valence electrons. The van der Waals surface area contributed by atoms with E-state index in [2.05, 4.69) is 0 Å². The zero-order valence-electron chi connectivity index (χ0n) is 12.4. The summed E-state index contributed by atoms with van der Waals surface area (Å²) in [5.74, 6) is -0.971. The lowest BCUT2D eigenvalue weighted by Gasteiger charge is -2.33. The van der Waals surface area contributed by atoms with E-state index >= 15 is 0 Å². The first kappa shape index (κ1) is 15.4. The van der Waals surface area contributed by atoms with Crippen molar-refractivity contribution in [2.24, 2.45) is 5.41 Å². The van der Waals surface area contributed by atoms with Gasteiger partial charge in [0.1, 0.15) is 0 Å². The zero-order valence-corrected chi connectivity index (χ0v) is 12.4. The number of halogens is 2. The fourth-order valence-corrected chi connectivity index (χ4v) is 3.98. The maximum atomic E-state index is 12.8. The van der Waals surface area contributed by atoms with E-state index in [4.69, 9.17) is 4.74 Å². The van der Waals surface area contributed by atoms with Crippen molar-refractivity contribution in [3.8, 4) is 0 Å². The van der Waals surface area contributed by atoms with Crippen molar-refractivity contribution in [2.45, 2.75) is 44.4 Å². The zero-order chi connectivity index (χ0) is 15.7. The van der Waals surface area contributed by atoms with Gasteiger partial charge < -0.3 is 9.84 Å². The lowest BCUT2D eigenvalue weighted by atomic mass is 9.77.